The highest BCUT2D eigenvalue weighted by atomic mass is 19.4. The van der Waals surface area contributed by atoms with Crippen molar-refractivity contribution < 1.29 is 27.9 Å². The van der Waals surface area contributed by atoms with E-state index in [1.165, 1.54) is 0 Å². The van der Waals surface area contributed by atoms with Gasteiger partial charge in [0.1, 0.15) is 6.04 Å². The van der Waals surface area contributed by atoms with E-state index >= 15 is 0 Å². The molecule has 8 heteroatoms. The number of nitrogens with one attached hydrogen (secondary N) is 1. The third-order valence-electron chi connectivity index (χ3n) is 3.45. The van der Waals surface area contributed by atoms with Crippen LogP contribution in [0.25, 0.3) is 0 Å². The van der Waals surface area contributed by atoms with Crippen molar-refractivity contribution in [3.63, 3.8) is 0 Å². The number of nitrogens with zero attached hydrogens (tertiary/aromatic N) is 1. The molecule has 0 saturated carbocycles. The van der Waals surface area contributed by atoms with Gasteiger partial charge in [0, 0.05) is 13.1 Å². The van der Waals surface area contributed by atoms with Gasteiger partial charge in [-0.05, 0) is 18.3 Å². The van der Waals surface area contributed by atoms with Crippen LogP contribution in [0.3, 0.4) is 0 Å². The van der Waals surface area contributed by atoms with Crippen LogP contribution in [0.5, 0.6) is 0 Å². The number of piperidine rings is 1. The molecule has 1 aliphatic rings. The van der Waals surface area contributed by atoms with E-state index in [-0.39, 0.29) is 6.54 Å². The van der Waals surface area contributed by atoms with Crippen LogP contribution in [0.15, 0.2) is 0 Å². The van der Waals surface area contributed by atoms with E-state index in [2.05, 4.69) is 5.32 Å². The number of hydrogen-bond acceptors (Lipinski definition) is 2. The Labute approximate surface area is 115 Å². The molecule has 2 N–H and O–H groups in total. The zero-order valence-corrected chi connectivity index (χ0v) is 11.5. The molecule has 1 rings (SSSR count). The molecule has 0 aromatic carbocycles. The minimum atomic E-state index is -4.35. The molecule has 5 nitrogen and oxygen atoms in total. The van der Waals surface area contributed by atoms with E-state index < -0.39 is 42.6 Å². The lowest BCUT2D eigenvalue weighted by molar-refractivity contribution is -0.148. The summed E-state index contributed by atoms with van der Waals surface area (Å²) in [4.78, 5) is 24.3. The molecule has 0 radical (unpaired) electrons. The fraction of sp³-hybridized carbons (Fsp3) is 0.833. The summed E-state index contributed by atoms with van der Waals surface area (Å²) in [5.74, 6) is -1.14. The number of rotatable bonds is 3. The van der Waals surface area contributed by atoms with Gasteiger partial charge in [-0.1, -0.05) is 13.8 Å². The molecule has 1 aliphatic heterocycles. The molecule has 1 atom stereocenters. The Hall–Kier alpha value is -1.47. The van der Waals surface area contributed by atoms with Crippen LogP contribution < -0.4 is 5.32 Å². The van der Waals surface area contributed by atoms with Crippen LogP contribution in [0, 0.1) is 5.41 Å². The van der Waals surface area contributed by atoms with Crippen LogP contribution in [0.1, 0.15) is 33.1 Å². The fourth-order valence-electron chi connectivity index (χ4n) is 2.49. The Morgan fingerprint density at radius 1 is 1.40 bits per heavy atom. The Kier molecular flexibility index (Phi) is 4.88. The van der Waals surface area contributed by atoms with Gasteiger partial charge in [-0.3, -0.25) is 0 Å². The van der Waals surface area contributed by atoms with Crippen molar-refractivity contribution in [3.8, 4) is 0 Å². The maximum absolute atomic E-state index is 12.0. The smallest absolute Gasteiger partial charge is 0.390 e. The van der Waals surface area contributed by atoms with Gasteiger partial charge in [-0.2, -0.15) is 13.2 Å². The van der Waals surface area contributed by atoms with Gasteiger partial charge in [0.2, 0.25) is 0 Å². The van der Waals surface area contributed by atoms with Crippen molar-refractivity contribution in [3.05, 3.63) is 0 Å². The molecule has 1 unspecified atom stereocenters. The van der Waals surface area contributed by atoms with Crippen molar-refractivity contribution in [2.75, 3.05) is 13.1 Å². The Morgan fingerprint density at radius 2 is 2.00 bits per heavy atom. The molecule has 116 valence electrons. The monoisotopic (exact) mass is 296 g/mol. The Morgan fingerprint density at radius 3 is 2.50 bits per heavy atom. The number of likely N-dealkylation sites (tertiary alicyclic amines) is 1. The molecule has 1 fully saturated rings. The molecular formula is C12H19F3N2O3. The topological polar surface area (TPSA) is 69.6 Å². The number of urea groups is 1. The summed E-state index contributed by atoms with van der Waals surface area (Å²) in [7, 11) is 0. The summed E-state index contributed by atoms with van der Waals surface area (Å²) in [5, 5.41) is 11.4. The molecule has 0 spiro atoms. The average molecular weight is 296 g/mol. The van der Waals surface area contributed by atoms with Crippen LogP contribution in [-0.2, 0) is 4.79 Å². The highest BCUT2D eigenvalue weighted by Gasteiger charge is 2.44. The second-order valence-corrected chi connectivity index (χ2v) is 5.62. The summed E-state index contributed by atoms with van der Waals surface area (Å²) >= 11 is 0. The lowest BCUT2D eigenvalue weighted by Gasteiger charge is -2.43. The number of carbonyl (C=O) groups excluding carboxylic acids is 1. The maximum atomic E-state index is 12.0. The number of amides is 2. The number of aliphatic carboxylic acids is 1. The summed E-state index contributed by atoms with van der Waals surface area (Å²) in [6, 6.07) is -1.78. The summed E-state index contributed by atoms with van der Waals surface area (Å²) < 4.78 is 36.1. The quantitative estimate of drug-likeness (QED) is 0.839. The zero-order valence-electron chi connectivity index (χ0n) is 11.5. The first-order chi connectivity index (χ1) is 9.04. The van der Waals surface area contributed by atoms with Gasteiger partial charge in [0.15, 0.2) is 0 Å². The van der Waals surface area contributed by atoms with E-state index in [0.29, 0.717) is 12.8 Å². The van der Waals surface area contributed by atoms with Crippen LogP contribution in [0.2, 0.25) is 0 Å². The summed E-state index contributed by atoms with van der Waals surface area (Å²) in [6.07, 6.45) is -4.20. The second-order valence-electron chi connectivity index (χ2n) is 5.62. The van der Waals surface area contributed by atoms with Gasteiger partial charge in [-0.25, -0.2) is 9.59 Å². The molecule has 1 heterocycles. The van der Waals surface area contributed by atoms with Crippen molar-refractivity contribution in [2.45, 2.75) is 45.3 Å². The van der Waals surface area contributed by atoms with E-state index in [1.807, 2.05) is 0 Å². The maximum Gasteiger partial charge on any atom is 0.390 e. The predicted octanol–water partition coefficient (Wildman–Crippen LogP) is 2.22. The predicted molar refractivity (Wildman–Crippen MR) is 65.2 cm³/mol. The third kappa shape index (κ3) is 4.28. The Balaban J connectivity index is 2.67. The molecule has 2 amide bonds. The number of carboxylic acid groups (broad SMARTS) is 1. The molecule has 0 bridgehead atoms. The van der Waals surface area contributed by atoms with E-state index in [4.69, 9.17) is 0 Å². The van der Waals surface area contributed by atoms with Gasteiger partial charge in [0.05, 0.1) is 6.42 Å². The van der Waals surface area contributed by atoms with Crippen molar-refractivity contribution in [1.29, 1.82) is 0 Å². The van der Waals surface area contributed by atoms with Crippen molar-refractivity contribution >= 4 is 12.0 Å². The van der Waals surface area contributed by atoms with Crippen LogP contribution in [0.4, 0.5) is 18.0 Å². The van der Waals surface area contributed by atoms with Crippen molar-refractivity contribution in [1.82, 2.24) is 10.2 Å². The molecule has 0 aliphatic carbocycles. The lowest BCUT2D eigenvalue weighted by atomic mass is 9.76. The fourth-order valence-corrected chi connectivity index (χ4v) is 2.49. The standard InChI is InChI=1S/C12H19F3N2O3/c1-11(2)4-3-7-17(8(11)9(18)19)10(20)16-6-5-12(13,14)15/h8H,3-7H2,1-2H3,(H,16,20)(H,18,19). The first kappa shape index (κ1) is 16.6. The van der Waals surface area contributed by atoms with E-state index in [9.17, 15) is 27.9 Å². The first-order valence-corrected chi connectivity index (χ1v) is 6.38. The SMILES string of the molecule is CC1(C)CCCN(C(=O)NCCC(F)(F)F)C1C(=O)O. The number of alkyl halides is 3. The first-order valence-electron chi connectivity index (χ1n) is 6.38. The minimum absolute atomic E-state index is 0.234. The number of halogens is 3. The molecule has 1 saturated heterocycles. The third-order valence-corrected chi connectivity index (χ3v) is 3.45. The number of hydrogen-bond donors (Lipinski definition) is 2. The summed E-state index contributed by atoms with van der Waals surface area (Å²) in [6.45, 7) is 3.16. The van der Waals surface area contributed by atoms with Gasteiger partial charge in [0.25, 0.3) is 0 Å². The van der Waals surface area contributed by atoms with Gasteiger partial charge >= 0.3 is 18.2 Å². The highest BCUT2D eigenvalue weighted by molar-refractivity contribution is 5.83. The minimum Gasteiger partial charge on any atom is -0.480 e. The molecule has 20 heavy (non-hydrogen) atoms. The molecule has 0 aromatic rings. The molecule has 0 aromatic heterocycles. The van der Waals surface area contributed by atoms with Crippen LogP contribution >= 0.6 is 0 Å². The largest absolute Gasteiger partial charge is 0.480 e. The normalized spacial score (nSPS) is 22.4. The molecular weight excluding hydrogens is 277 g/mol. The number of carboxylic acids is 1. The number of carbonyl (C=O) groups is 2. The Bertz CT molecular complexity index is 383. The zero-order chi connectivity index (χ0) is 15.6. The van der Waals surface area contributed by atoms with Crippen LogP contribution in [-0.4, -0.2) is 47.3 Å². The second kappa shape index (κ2) is 5.88. The highest BCUT2D eigenvalue weighted by Crippen LogP contribution is 2.35. The average Bonchev–Trinajstić information content (AvgIpc) is 2.24. The van der Waals surface area contributed by atoms with Crippen molar-refractivity contribution in [2.24, 2.45) is 5.41 Å². The van der Waals surface area contributed by atoms with E-state index in [1.54, 1.807) is 13.8 Å². The summed E-state index contributed by atoms with van der Waals surface area (Å²) in [5.41, 5.74) is -0.606. The van der Waals surface area contributed by atoms with Gasteiger partial charge in [-0.15, -0.1) is 0 Å². The van der Waals surface area contributed by atoms with E-state index in [0.717, 1.165) is 4.90 Å². The van der Waals surface area contributed by atoms with Gasteiger partial charge < -0.3 is 15.3 Å². The lowest BCUT2D eigenvalue weighted by Crippen LogP contribution is -2.58.